The molecule has 5 unspecified atom stereocenters. The number of nitrogens with two attached hydrogens (primary N) is 3. The van der Waals surface area contributed by atoms with Crippen molar-refractivity contribution in [3.63, 3.8) is 0 Å². The van der Waals surface area contributed by atoms with E-state index in [1.165, 1.54) is 0 Å². The molecule has 2 rings (SSSR count). The Balaban J connectivity index is 2.17. The molecule has 29 heavy (non-hydrogen) atoms. The fourth-order valence-electron chi connectivity index (χ4n) is 4.30. The number of methoxy groups -OCH3 is 2. The second kappa shape index (κ2) is 10.3. The van der Waals surface area contributed by atoms with Gasteiger partial charge in [-0.05, 0) is 32.6 Å². The molecule has 0 aromatic carbocycles. The van der Waals surface area contributed by atoms with Gasteiger partial charge in [-0.25, -0.2) is 5.90 Å². The van der Waals surface area contributed by atoms with Gasteiger partial charge in [0.15, 0.2) is 5.60 Å². The van der Waals surface area contributed by atoms with Gasteiger partial charge in [-0.15, -0.1) is 0 Å². The van der Waals surface area contributed by atoms with Crippen molar-refractivity contribution in [2.24, 2.45) is 17.4 Å². The van der Waals surface area contributed by atoms with Crippen molar-refractivity contribution < 1.29 is 28.5 Å². The van der Waals surface area contributed by atoms with Gasteiger partial charge in [-0.2, -0.15) is 0 Å². The van der Waals surface area contributed by atoms with E-state index in [9.17, 15) is 0 Å². The maximum Gasteiger partial charge on any atom is 0.206 e. The fourth-order valence-corrected chi connectivity index (χ4v) is 4.30. The number of rotatable bonds is 14. The van der Waals surface area contributed by atoms with Gasteiger partial charge in [0.25, 0.3) is 0 Å². The maximum atomic E-state index is 6.43. The predicted molar refractivity (Wildman–Crippen MR) is 108 cm³/mol. The number of ether oxygens (including phenoxy) is 5. The Morgan fingerprint density at radius 2 is 1.90 bits per heavy atom. The summed E-state index contributed by atoms with van der Waals surface area (Å²) in [6.07, 6.45) is 3.93. The summed E-state index contributed by atoms with van der Waals surface area (Å²) in [5.74, 6) is 4.56. The van der Waals surface area contributed by atoms with Crippen LogP contribution in [-0.2, 0) is 28.5 Å². The Hall–Kier alpha value is -0.360. The minimum Gasteiger partial charge on any atom is -0.375 e. The van der Waals surface area contributed by atoms with Crippen LogP contribution in [0.1, 0.15) is 65.7 Å². The summed E-state index contributed by atoms with van der Waals surface area (Å²) < 4.78 is 30.1. The van der Waals surface area contributed by atoms with Crippen LogP contribution in [0.4, 0.5) is 0 Å². The number of unbranched alkanes of at least 4 members (excludes halogenated alkanes) is 2. The van der Waals surface area contributed by atoms with E-state index in [0.29, 0.717) is 12.8 Å². The lowest BCUT2D eigenvalue weighted by molar-refractivity contribution is -0.342. The molecule has 1 heterocycles. The number of fused-ring (bicyclic) bond motifs is 1. The highest BCUT2D eigenvalue weighted by atomic mass is 16.8. The molecular formula is C20H41N3O6. The van der Waals surface area contributed by atoms with Crippen LogP contribution in [0.5, 0.6) is 0 Å². The second-order valence-electron chi connectivity index (χ2n) is 8.47. The van der Waals surface area contributed by atoms with E-state index in [1.807, 2.05) is 6.92 Å². The molecule has 0 amide bonds. The molecule has 2 aliphatic rings. The topological polar surface area (TPSA) is 133 Å². The maximum absolute atomic E-state index is 6.43. The van der Waals surface area contributed by atoms with Gasteiger partial charge < -0.3 is 35.2 Å². The third-order valence-electron chi connectivity index (χ3n) is 6.00. The monoisotopic (exact) mass is 419 g/mol. The van der Waals surface area contributed by atoms with Gasteiger partial charge in [0.05, 0.1) is 6.61 Å². The minimum atomic E-state index is -1.05. The first-order valence-corrected chi connectivity index (χ1v) is 10.7. The normalized spacial score (nSPS) is 37.0. The van der Waals surface area contributed by atoms with Gasteiger partial charge in [0.2, 0.25) is 5.79 Å². The van der Waals surface area contributed by atoms with E-state index < -0.39 is 35.4 Å². The quantitative estimate of drug-likeness (QED) is 0.283. The first kappa shape index (κ1) is 24.9. The van der Waals surface area contributed by atoms with Crippen molar-refractivity contribution in [1.29, 1.82) is 0 Å². The third kappa shape index (κ3) is 5.28. The summed E-state index contributed by atoms with van der Waals surface area (Å²) in [5.41, 5.74) is 10.8. The molecule has 9 heteroatoms. The number of hydrogen-bond acceptors (Lipinski definition) is 9. The summed E-state index contributed by atoms with van der Waals surface area (Å²) >= 11 is 0. The molecule has 0 radical (unpaired) electrons. The van der Waals surface area contributed by atoms with Crippen LogP contribution in [0.3, 0.4) is 0 Å². The molecule has 0 spiro atoms. The molecule has 172 valence electrons. The fraction of sp³-hybridized carbons (Fsp3) is 1.00. The summed E-state index contributed by atoms with van der Waals surface area (Å²) in [4.78, 5) is 5.25. The summed E-state index contributed by atoms with van der Waals surface area (Å²) in [5, 5.41) is 0. The lowest BCUT2D eigenvalue weighted by atomic mass is 9.97. The average molecular weight is 420 g/mol. The molecule has 1 saturated carbocycles. The lowest BCUT2D eigenvalue weighted by Crippen LogP contribution is -2.64. The van der Waals surface area contributed by atoms with Crippen LogP contribution >= 0.6 is 0 Å². The largest absolute Gasteiger partial charge is 0.375 e. The third-order valence-corrected chi connectivity index (χ3v) is 6.00. The average Bonchev–Trinajstić information content (AvgIpc) is 3.34. The summed E-state index contributed by atoms with van der Waals surface area (Å²) in [7, 11) is 3.20. The van der Waals surface area contributed by atoms with E-state index in [2.05, 4.69) is 13.8 Å². The van der Waals surface area contributed by atoms with Crippen molar-refractivity contribution >= 4 is 0 Å². The van der Waals surface area contributed by atoms with Crippen LogP contribution in [0.2, 0.25) is 0 Å². The predicted octanol–water partition coefficient (Wildman–Crippen LogP) is 1.52. The van der Waals surface area contributed by atoms with Crippen LogP contribution in [-0.4, -0.2) is 62.5 Å². The van der Waals surface area contributed by atoms with Crippen molar-refractivity contribution in [1.82, 2.24) is 0 Å². The Bertz CT molecular complexity index is 511. The van der Waals surface area contributed by atoms with E-state index in [-0.39, 0.29) is 12.8 Å². The zero-order valence-electron chi connectivity index (χ0n) is 18.6. The zero-order valence-corrected chi connectivity index (χ0v) is 18.6. The smallest absolute Gasteiger partial charge is 0.206 e. The molecule has 6 N–H and O–H groups in total. The second-order valence-corrected chi connectivity index (χ2v) is 8.47. The molecule has 1 saturated heterocycles. The highest BCUT2D eigenvalue weighted by Gasteiger charge is 2.82. The standard InChI is InChI=1S/C20H41N3O6/c1-6-8-10-15(21)26-12-14-16(28-23)17(24-4)19(25-5)13-20(19,27-14)29-18(3,22)11-9-7-2/h14-17H,6-13,21-23H2,1-5H3/t14?,15-,16-,17?,18?,19?,20?/m1/s1. The van der Waals surface area contributed by atoms with Crippen LogP contribution in [0.15, 0.2) is 0 Å². The molecule has 1 aliphatic heterocycles. The highest BCUT2D eigenvalue weighted by molar-refractivity contribution is 5.25. The molecule has 2 fully saturated rings. The first-order valence-electron chi connectivity index (χ1n) is 10.7. The SMILES string of the molecule is CCCC[C@H](N)OCC1OC2(OC(C)(N)CCCC)CC2(OC)C(OC)[C@@H]1ON. The Morgan fingerprint density at radius 1 is 1.21 bits per heavy atom. The first-order chi connectivity index (χ1) is 13.7. The van der Waals surface area contributed by atoms with Crippen LogP contribution in [0.25, 0.3) is 0 Å². The van der Waals surface area contributed by atoms with Gasteiger partial charge in [0.1, 0.15) is 30.3 Å². The van der Waals surface area contributed by atoms with Crippen LogP contribution in [0, 0.1) is 0 Å². The summed E-state index contributed by atoms with van der Waals surface area (Å²) in [6.45, 7) is 6.29. The van der Waals surface area contributed by atoms with Crippen molar-refractivity contribution in [2.75, 3.05) is 20.8 Å². The van der Waals surface area contributed by atoms with Crippen LogP contribution < -0.4 is 17.4 Å². The molecular weight excluding hydrogens is 378 g/mol. The van der Waals surface area contributed by atoms with E-state index >= 15 is 0 Å². The zero-order chi connectivity index (χ0) is 21.7. The molecule has 7 atom stereocenters. The van der Waals surface area contributed by atoms with Gasteiger partial charge in [0, 0.05) is 20.6 Å². The van der Waals surface area contributed by atoms with Gasteiger partial charge in [-0.3, -0.25) is 4.84 Å². The van der Waals surface area contributed by atoms with Crippen molar-refractivity contribution in [2.45, 2.75) is 107 Å². The Morgan fingerprint density at radius 3 is 2.45 bits per heavy atom. The molecule has 9 nitrogen and oxygen atoms in total. The molecule has 0 bridgehead atoms. The minimum absolute atomic E-state index is 0.202. The Labute approximate surface area is 174 Å². The number of hydrogen-bond donors (Lipinski definition) is 3. The lowest BCUT2D eigenvalue weighted by Gasteiger charge is -2.45. The van der Waals surface area contributed by atoms with E-state index in [4.69, 9.17) is 45.9 Å². The van der Waals surface area contributed by atoms with Gasteiger partial charge >= 0.3 is 0 Å². The Kier molecular flexibility index (Phi) is 8.85. The highest BCUT2D eigenvalue weighted by Crippen LogP contribution is 2.62. The van der Waals surface area contributed by atoms with Gasteiger partial charge in [-0.1, -0.05) is 26.7 Å². The summed E-state index contributed by atoms with van der Waals surface area (Å²) in [6, 6.07) is 0. The van der Waals surface area contributed by atoms with E-state index in [0.717, 1.165) is 32.1 Å². The molecule has 0 aromatic heterocycles. The van der Waals surface area contributed by atoms with E-state index in [1.54, 1.807) is 14.2 Å². The molecule has 1 aliphatic carbocycles. The molecule has 0 aromatic rings. The van der Waals surface area contributed by atoms with Crippen molar-refractivity contribution in [3.05, 3.63) is 0 Å². The van der Waals surface area contributed by atoms with Crippen molar-refractivity contribution in [3.8, 4) is 0 Å².